The highest BCUT2D eigenvalue weighted by atomic mass is 15.0. The highest BCUT2D eigenvalue weighted by Gasteiger charge is 2.52. The van der Waals surface area contributed by atoms with E-state index in [9.17, 15) is 0 Å². The molecule has 3 aromatic heterocycles. The van der Waals surface area contributed by atoms with Gasteiger partial charge in [-0.3, -0.25) is 4.98 Å². The minimum Gasteiger partial charge on any atom is -0.309 e. The van der Waals surface area contributed by atoms with Crippen LogP contribution < -0.4 is 0 Å². The average molecular weight is 724 g/mol. The Morgan fingerprint density at radius 2 is 0.842 bits per heavy atom. The van der Waals surface area contributed by atoms with Crippen LogP contribution in [0.2, 0.25) is 0 Å². The fourth-order valence-corrected chi connectivity index (χ4v) is 10.6. The fourth-order valence-electron chi connectivity index (χ4n) is 10.6. The third kappa shape index (κ3) is 3.92. The van der Waals surface area contributed by atoms with Crippen LogP contribution in [0.15, 0.2) is 200 Å². The van der Waals surface area contributed by atoms with Crippen molar-refractivity contribution in [1.29, 1.82) is 0 Å². The van der Waals surface area contributed by atoms with E-state index in [1.165, 1.54) is 93.7 Å². The lowest BCUT2D eigenvalue weighted by atomic mass is 9.70. The van der Waals surface area contributed by atoms with Gasteiger partial charge in [0.2, 0.25) is 0 Å². The summed E-state index contributed by atoms with van der Waals surface area (Å²) in [6.07, 6.45) is 3.84. The molecule has 0 atom stereocenters. The van der Waals surface area contributed by atoms with Crippen LogP contribution in [0.3, 0.4) is 0 Å². The maximum atomic E-state index is 4.47. The first-order chi connectivity index (χ1) is 28.3. The number of fused-ring (bicyclic) bond motifs is 17. The van der Waals surface area contributed by atoms with E-state index in [4.69, 9.17) is 0 Å². The standard InChI is InChI=1S/C54H33N3/c1-6-16-45-38(11-1)39-12-2-7-17-46(39)54(45)47-18-8-3-15-44(47)52-48(54)30-29-43-41-14-5-10-20-50(41)57(53(43)52)37-27-23-35(24-28-37)34-21-25-36(26-22-34)56-49-19-9-4-13-40(49)42-31-32-55-33-51(42)56/h1-33H. The summed E-state index contributed by atoms with van der Waals surface area (Å²) >= 11 is 0. The zero-order chi connectivity index (χ0) is 37.2. The Morgan fingerprint density at radius 3 is 1.49 bits per heavy atom. The van der Waals surface area contributed by atoms with Crippen LogP contribution in [-0.4, -0.2) is 14.1 Å². The second-order valence-corrected chi connectivity index (χ2v) is 15.5. The number of pyridine rings is 1. The predicted molar refractivity (Wildman–Crippen MR) is 235 cm³/mol. The minimum absolute atomic E-state index is 0.389. The summed E-state index contributed by atoms with van der Waals surface area (Å²) in [6, 6.07) is 69.7. The molecule has 13 rings (SSSR count). The summed E-state index contributed by atoms with van der Waals surface area (Å²) in [4.78, 5) is 4.47. The molecule has 0 bridgehead atoms. The SMILES string of the molecule is c1ccc2c(c1)-c1ccccc1C21c2ccccc2-c2c1ccc1c3ccccc3n(-c3ccc(-c4ccc(-n5c6ccccc6c6ccncc65)cc4)cc3)c21. The fraction of sp³-hybridized carbons (Fsp3) is 0.0185. The maximum absolute atomic E-state index is 4.47. The van der Waals surface area contributed by atoms with E-state index < -0.39 is 0 Å². The van der Waals surface area contributed by atoms with Crippen molar-refractivity contribution < 1.29 is 0 Å². The van der Waals surface area contributed by atoms with Gasteiger partial charge in [-0.25, -0.2) is 0 Å². The van der Waals surface area contributed by atoms with Crippen molar-refractivity contribution >= 4 is 43.6 Å². The van der Waals surface area contributed by atoms with Crippen molar-refractivity contribution in [3.63, 3.8) is 0 Å². The van der Waals surface area contributed by atoms with E-state index in [1.807, 2.05) is 12.4 Å². The predicted octanol–water partition coefficient (Wildman–Crippen LogP) is 13.3. The van der Waals surface area contributed by atoms with Crippen molar-refractivity contribution in [1.82, 2.24) is 14.1 Å². The molecule has 2 aliphatic rings. The Labute approximate surface area is 329 Å². The van der Waals surface area contributed by atoms with Gasteiger partial charge in [0.15, 0.2) is 0 Å². The van der Waals surface area contributed by atoms with Gasteiger partial charge in [0.05, 0.1) is 33.7 Å². The number of rotatable bonds is 3. The lowest BCUT2D eigenvalue weighted by molar-refractivity contribution is 0.794. The minimum atomic E-state index is -0.389. The Bertz CT molecular complexity index is 3350. The van der Waals surface area contributed by atoms with Gasteiger partial charge in [0.1, 0.15) is 0 Å². The number of hydrogen-bond acceptors (Lipinski definition) is 1. The summed E-state index contributed by atoms with van der Waals surface area (Å²) in [5.74, 6) is 0. The normalized spacial score (nSPS) is 13.4. The van der Waals surface area contributed by atoms with Crippen LogP contribution in [0, 0.1) is 0 Å². The van der Waals surface area contributed by atoms with Gasteiger partial charge in [0.25, 0.3) is 0 Å². The first kappa shape index (κ1) is 30.8. The summed E-state index contributed by atoms with van der Waals surface area (Å²) in [5.41, 5.74) is 19.8. The number of nitrogens with zero attached hydrogens (tertiary/aromatic N) is 3. The Kier molecular flexibility index (Phi) is 6.10. The summed E-state index contributed by atoms with van der Waals surface area (Å²) < 4.78 is 4.82. The average Bonchev–Trinajstić information content (AvgIpc) is 3.99. The van der Waals surface area contributed by atoms with Crippen molar-refractivity contribution in [2.45, 2.75) is 5.41 Å². The maximum Gasteiger partial charge on any atom is 0.0726 e. The molecule has 2 aliphatic carbocycles. The molecule has 8 aromatic carbocycles. The molecule has 1 spiro atoms. The lowest BCUT2D eigenvalue weighted by Gasteiger charge is -2.30. The van der Waals surface area contributed by atoms with Crippen LogP contribution in [0.5, 0.6) is 0 Å². The molecule has 57 heavy (non-hydrogen) atoms. The number of para-hydroxylation sites is 2. The number of aromatic nitrogens is 3. The Balaban J connectivity index is 0.990. The molecule has 3 nitrogen and oxygen atoms in total. The Hall–Kier alpha value is -7.49. The highest BCUT2D eigenvalue weighted by Crippen LogP contribution is 2.64. The van der Waals surface area contributed by atoms with Gasteiger partial charge < -0.3 is 9.13 Å². The number of hydrogen-bond donors (Lipinski definition) is 0. The smallest absolute Gasteiger partial charge is 0.0726 e. The summed E-state index contributed by atoms with van der Waals surface area (Å²) in [7, 11) is 0. The molecule has 0 N–H and O–H groups in total. The molecule has 0 aliphatic heterocycles. The summed E-state index contributed by atoms with van der Waals surface area (Å²) in [6.45, 7) is 0. The van der Waals surface area contributed by atoms with E-state index in [2.05, 4.69) is 202 Å². The quantitative estimate of drug-likeness (QED) is 0.178. The van der Waals surface area contributed by atoms with Crippen LogP contribution in [-0.2, 0) is 5.41 Å². The molecule has 0 saturated carbocycles. The molecule has 0 fully saturated rings. The Morgan fingerprint density at radius 1 is 0.351 bits per heavy atom. The van der Waals surface area contributed by atoms with Crippen LogP contribution in [0.1, 0.15) is 22.3 Å². The van der Waals surface area contributed by atoms with Gasteiger partial charge in [-0.05, 0) is 92.5 Å². The third-order valence-electron chi connectivity index (χ3n) is 12.9. The molecule has 3 heterocycles. The molecule has 11 aromatic rings. The van der Waals surface area contributed by atoms with Gasteiger partial charge in [0, 0.05) is 44.7 Å². The van der Waals surface area contributed by atoms with Crippen molar-refractivity contribution in [2.75, 3.05) is 0 Å². The largest absolute Gasteiger partial charge is 0.309 e. The number of benzene rings is 8. The highest BCUT2D eigenvalue weighted by molar-refractivity contribution is 6.16. The van der Waals surface area contributed by atoms with Gasteiger partial charge >= 0.3 is 0 Å². The van der Waals surface area contributed by atoms with Gasteiger partial charge in [-0.15, -0.1) is 0 Å². The van der Waals surface area contributed by atoms with Crippen molar-refractivity contribution in [3.8, 4) is 44.8 Å². The second kappa shape index (κ2) is 11.3. The molecule has 0 amide bonds. The van der Waals surface area contributed by atoms with E-state index in [0.29, 0.717) is 0 Å². The zero-order valence-electron chi connectivity index (χ0n) is 30.9. The second-order valence-electron chi connectivity index (χ2n) is 15.5. The van der Waals surface area contributed by atoms with E-state index in [-0.39, 0.29) is 5.41 Å². The van der Waals surface area contributed by atoms with E-state index in [0.717, 1.165) is 16.9 Å². The third-order valence-corrected chi connectivity index (χ3v) is 12.9. The molecular formula is C54H33N3. The van der Waals surface area contributed by atoms with E-state index in [1.54, 1.807) is 0 Å². The molecule has 264 valence electrons. The molecule has 0 unspecified atom stereocenters. The monoisotopic (exact) mass is 723 g/mol. The molecule has 0 radical (unpaired) electrons. The van der Waals surface area contributed by atoms with Gasteiger partial charge in [-0.1, -0.05) is 146 Å². The van der Waals surface area contributed by atoms with Crippen molar-refractivity contribution in [2.24, 2.45) is 0 Å². The molecular weight excluding hydrogens is 691 g/mol. The van der Waals surface area contributed by atoms with Crippen LogP contribution in [0.25, 0.3) is 88.4 Å². The van der Waals surface area contributed by atoms with Gasteiger partial charge in [-0.2, -0.15) is 0 Å². The zero-order valence-corrected chi connectivity index (χ0v) is 30.9. The van der Waals surface area contributed by atoms with E-state index >= 15 is 0 Å². The summed E-state index contributed by atoms with van der Waals surface area (Å²) in [5, 5.41) is 4.99. The topological polar surface area (TPSA) is 22.8 Å². The first-order valence-corrected chi connectivity index (χ1v) is 19.7. The lowest BCUT2D eigenvalue weighted by Crippen LogP contribution is -2.25. The first-order valence-electron chi connectivity index (χ1n) is 19.7. The molecule has 3 heteroatoms. The molecule has 0 saturated heterocycles. The van der Waals surface area contributed by atoms with Crippen molar-refractivity contribution in [3.05, 3.63) is 223 Å². The van der Waals surface area contributed by atoms with Crippen LogP contribution >= 0.6 is 0 Å². The van der Waals surface area contributed by atoms with Crippen LogP contribution in [0.4, 0.5) is 0 Å².